The van der Waals surface area contributed by atoms with E-state index in [9.17, 15) is 18.0 Å². The number of nitrogens with zero attached hydrogens (tertiary/aromatic N) is 1. The van der Waals surface area contributed by atoms with E-state index in [2.05, 4.69) is 0 Å². The molecule has 0 N–H and O–H groups in total. The van der Waals surface area contributed by atoms with Gasteiger partial charge in [-0.15, -0.1) is 0 Å². The summed E-state index contributed by atoms with van der Waals surface area (Å²) in [7, 11) is 0. The van der Waals surface area contributed by atoms with Crippen molar-refractivity contribution in [3.8, 4) is 0 Å². The van der Waals surface area contributed by atoms with Crippen molar-refractivity contribution in [1.82, 2.24) is 0 Å². The van der Waals surface area contributed by atoms with Gasteiger partial charge in [-0.05, 0) is 38.1 Å². The number of carbonyl (C=O) groups is 1. The van der Waals surface area contributed by atoms with Gasteiger partial charge in [-0.2, -0.15) is 13.2 Å². The van der Waals surface area contributed by atoms with Crippen LogP contribution in [0, 0.1) is 0 Å². The Morgan fingerprint density at radius 1 is 1.04 bits per heavy atom. The molecule has 2 nitrogen and oxygen atoms in total. The lowest BCUT2D eigenvalue weighted by Gasteiger charge is -2.28. The molecular weight excluding hydrogens is 327 g/mol. The molecule has 0 atom stereocenters. The van der Waals surface area contributed by atoms with Crippen molar-refractivity contribution in [2.45, 2.75) is 26.1 Å². The van der Waals surface area contributed by atoms with E-state index in [0.717, 1.165) is 6.07 Å². The molecule has 0 unspecified atom stereocenters. The van der Waals surface area contributed by atoms with Crippen molar-refractivity contribution in [2.24, 2.45) is 0 Å². The van der Waals surface area contributed by atoms with E-state index in [-0.39, 0.29) is 11.1 Å². The van der Waals surface area contributed by atoms with Crippen LogP contribution in [-0.4, -0.2) is 11.9 Å². The first-order valence-corrected chi connectivity index (χ1v) is 7.35. The summed E-state index contributed by atoms with van der Waals surface area (Å²) in [6, 6.07) is 11.5. The van der Waals surface area contributed by atoms with E-state index in [4.69, 9.17) is 11.6 Å². The van der Waals surface area contributed by atoms with Gasteiger partial charge in [0.05, 0.1) is 16.1 Å². The number of amides is 1. The summed E-state index contributed by atoms with van der Waals surface area (Å²) < 4.78 is 39.7. The summed E-state index contributed by atoms with van der Waals surface area (Å²) in [6.07, 6.45) is -4.66. The first-order valence-electron chi connectivity index (χ1n) is 6.97. The van der Waals surface area contributed by atoms with Crippen LogP contribution < -0.4 is 4.90 Å². The van der Waals surface area contributed by atoms with E-state index >= 15 is 0 Å². The second kappa shape index (κ2) is 6.62. The molecule has 0 aliphatic carbocycles. The average Bonchev–Trinajstić information content (AvgIpc) is 2.46. The minimum absolute atomic E-state index is 0.216. The first kappa shape index (κ1) is 17.3. The number of hydrogen-bond donors (Lipinski definition) is 0. The lowest BCUT2D eigenvalue weighted by Crippen LogP contribution is -2.38. The molecule has 6 heteroatoms. The fourth-order valence-electron chi connectivity index (χ4n) is 2.34. The molecule has 0 fully saturated rings. The third kappa shape index (κ3) is 3.67. The molecule has 0 aliphatic rings. The van der Waals surface area contributed by atoms with Crippen LogP contribution in [-0.2, 0) is 6.18 Å². The van der Waals surface area contributed by atoms with Crippen LogP contribution in [0.1, 0.15) is 29.8 Å². The summed E-state index contributed by atoms with van der Waals surface area (Å²) >= 11 is 5.92. The molecule has 0 bridgehead atoms. The van der Waals surface area contributed by atoms with Crippen molar-refractivity contribution < 1.29 is 18.0 Å². The van der Waals surface area contributed by atoms with Gasteiger partial charge in [0.2, 0.25) is 0 Å². The molecule has 0 spiro atoms. The van der Waals surface area contributed by atoms with Crippen LogP contribution in [0.25, 0.3) is 0 Å². The number of hydrogen-bond acceptors (Lipinski definition) is 1. The van der Waals surface area contributed by atoms with E-state index in [1.54, 1.807) is 44.2 Å². The summed E-state index contributed by atoms with van der Waals surface area (Å²) in [5.41, 5.74) is -1.05. The molecule has 0 saturated heterocycles. The largest absolute Gasteiger partial charge is 0.417 e. The Bertz CT molecular complexity index is 699. The SMILES string of the molecule is CC(C)N(C(=O)c1c(Cl)cccc1C(F)(F)F)c1ccccc1. The van der Waals surface area contributed by atoms with E-state index in [0.29, 0.717) is 5.69 Å². The summed E-state index contributed by atoms with van der Waals surface area (Å²) in [5, 5.41) is -0.216. The molecule has 122 valence electrons. The molecule has 23 heavy (non-hydrogen) atoms. The fraction of sp³-hybridized carbons (Fsp3) is 0.235. The summed E-state index contributed by atoms with van der Waals surface area (Å²) in [4.78, 5) is 14.1. The lowest BCUT2D eigenvalue weighted by molar-refractivity contribution is -0.137. The normalized spacial score (nSPS) is 11.6. The van der Waals surface area contributed by atoms with Crippen molar-refractivity contribution in [3.05, 3.63) is 64.7 Å². The molecular formula is C17H15ClF3NO. The van der Waals surface area contributed by atoms with Gasteiger partial charge in [0.1, 0.15) is 0 Å². The van der Waals surface area contributed by atoms with Crippen LogP contribution >= 0.6 is 11.6 Å². The maximum Gasteiger partial charge on any atom is 0.417 e. The van der Waals surface area contributed by atoms with Crippen molar-refractivity contribution in [3.63, 3.8) is 0 Å². The van der Waals surface area contributed by atoms with Crippen LogP contribution in [0.3, 0.4) is 0 Å². The molecule has 0 aliphatic heterocycles. The summed E-state index contributed by atoms with van der Waals surface area (Å²) in [5.74, 6) is -0.774. The van der Waals surface area contributed by atoms with E-state index in [1.165, 1.54) is 17.0 Å². The van der Waals surface area contributed by atoms with Gasteiger partial charge in [-0.1, -0.05) is 35.9 Å². The maximum absolute atomic E-state index is 13.2. The Balaban J connectivity index is 2.59. The number of alkyl halides is 3. The molecule has 0 saturated carbocycles. The zero-order chi connectivity index (χ0) is 17.2. The molecule has 2 aromatic rings. The minimum atomic E-state index is -4.66. The smallest absolute Gasteiger partial charge is 0.306 e. The Morgan fingerprint density at radius 2 is 1.65 bits per heavy atom. The minimum Gasteiger partial charge on any atom is -0.306 e. The fourth-order valence-corrected chi connectivity index (χ4v) is 2.59. The van der Waals surface area contributed by atoms with Gasteiger partial charge in [0.25, 0.3) is 5.91 Å². The number of benzene rings is 2. The Labute approximate surface area is 137 Å². The van der Waals surface area contributed by atoms with E-state index < -0.39 is 23.2 Å². The maximum atomic E-state index is 13.2. The molecule has 0 aromatic heterocycles. The van der Waals surface area contributed by atoms with Crippen LogP contribution in [0.5, 0.6) is 0 Å². The van der Waals surface area contributed by atoms with Crippen LogP contribution in [0.4, 0.5) is 18.9 Å². The van der Waals surface area contributed by atoms with E-state index in [1.807, 2.05) is 0 Å². The second-order valence-corrected chi connectivity index (χ2v) is 5.67. The number of para-hydroxylation sites is 1. The average molecular weight is 342 g/mol. The summed E-state index contributed by atoms with van der Waals surface area (Å²) in [6.45, 7) is 3.46. The third-order valence-corrected chi connectivity index (χ3v) is 3.62. The number of anilines is 1. The number of rotatable bonds is 3. The van der Waals surface area contributed by atoms with Gasteiger partial charge in [-0.3, -0.25) is 4.79 Å². The highest BCUT2D eigenvalue weighted by Crippen LogP contribution is 2.36. The quantitative estimate of drug-likeness (QED) is 0.730. The van der Waals surface area contributed by atoms with Gasteiger partial charge in [0, 0.05) is 11.7 Å². The zero-order valence-corrected chi connectivity index (χ0v) is 13.3. The van der Waals surface area contributed by atoms with Crippen LogP contribution in [0.2, 0.25) is 5.02 Å². The Morgan fingerprint density at radius 3 is 2.17 bits per heavy atom. The monoisotopic (exact) mass is 341 g/mol. The van der Waals surface area contributed by atoms with Gasteiger partial charge in [-0.25, -0.2) is 0 Å². The molecule has 0 heterocycles. The highest BCUT2D eigenvalue weighted by atomic mass is 35.5. The van der Waals surface area contributed by atoms with Gasteiger partial charge < -0.3 is 4.90 Å². The Hall–Kier alpha value is -2.01. The lowest BCUT2D eigenvalue weighted by atomic mass is 10.0. The van der Waals surface area contributed by atoms with Crippen LogP contribution in [0.15, 0.2) is 48.5 Å². The van der Waals surface area contributed by atoms with Crippen molar-refractivity contribution >= 4 is 23.2 Å². The van der Waals surface area contributed by atoms with Crippen molar-refractivity contribution in [2.75, 3.05) is 4.90 Å². The molecule has 2 aromatic carbocycles. The highest BCUT2D eigenvalue weighted by molar-refractivity contribution is 6.34. The first-order chi connectivity index (χ1) is 10.7. The number of carbonyl (C=O) groups excluding carboxylic acids is 1. The highest BCUT2D eigenvalue weighted by Gasteiger charge is 2.38. The third-order valence-electron chi connectivity index (χ3n) is 3.30. The topological polar surface area (TPSA) is 20.3 Å². The predicted molar refractivity (Wildman–Crippen MR) is 84.8 cm³/mol. The molecule has 0 radical (unpaired) electrons. The Kier molecular flexibility index (Phi) is 5.00. The second-order valence-electron chi connectivity index (χ2n) is 5.26. The number of halogens is 4. The molecule has 1 amide bonds. The van der Waals surface area contributed by atoms with Crippen molar-refractivity contribution in [1.29, 1.82) is 0 Å². The predicted octanol–water partition coefficient (Wildman–Crippen LogP) is 5.41. The standard InChI is InChI=1S/C17H15ClF3NO/c1-11(2)22(12-7-4-3-5-8-12)16(23)15-13(17(19,20)21)9-6-10-14(15)18/h3-11H,1-2H3. The van der Waals surface area contributed by atoms with Gasteiger partial charge in [0.15, 0.2) is 0 Å². The zero-order valence-electron chi connectivity index (χ0n) is 12.6. The van der Waals surface area contributed by atoms with Gasteiger partial charge >= 0.3 is 6.18 Å². The molecule has 2 rings (SSSR count).